The van der Waals surface area contributed by atoms with Gasteiger partial charge in [0, 0.05) is 34.9 Å². The maximum absolute atomic E-state index is 7.52. The molecule has 1 aliphatic heterocycles. The van der Waals surface area contributed by atoms with Gasteiger partial charge in [-0.05, 0) is 61.1 Å². The summed E-state index contributed by atoms with van der Waals surface area (Å²) >= 11 is 3.51. The van der Waals surface area contributed by atoms with Crippen LogP contribution in [0.3, 0.4) is 0 Å². The van der Waals surface area contributed by atoms with Crippen molar-refractivity contribution in [2.24, 2.45) is 5.73 Å². The average molecular weight is 325 g/mol. The standard InChI is InChI=1S/C14H21BrN4/c1-10-9-18(2)6-3-7-19(10)11-4-5-12(14(16)17)13(15)8-11/h4-5,8,10H,3,6-7,9H2,1-2H3,(H3,16,17). The highest BCUT2D eigenvalue weighted by Gasteiger charge is 2.20. The summed E-state index contributed by atoms with van der Waals surface area (Å²) in [5.74, 6) is 0.0991. The summed E-state index contributed by atoms with van der Waals surface area (Å²) < 4.78 is 0.891. The van der Waals surface area contributed by atoms with Gasteiger partial charge in [0.1, 0.15) is 5.84 Å². The lowest BCUT2D eigenvalue weighted by Crippen LogP contribution is -2.38. The van der Waals surface area contributed by atoms with E-state index in [1.54, 1.807) is 0 Å². The van der Waals surface area contributed by atoms with Gasteiger partial charge >= 0.3 is 0 Å². The van der Waals surface area contributed by atoms with Crippen LogP contribution in [0.5, 0.6) is 0 Å². The molecule has 0 radical (unpaired) electrons. The number of hydrogen-bond acceptors (Lipinski definition) is 3. The van der Waals surface area contributed by atoms with Crippen molar-refractivity contribution in [2.45, 2.75) is 19.4 Å². The van der Waals surface area contributed by atoms with Crippen LogP contribution < -0.4 is 10.6 Å². The van der Waals surface area contributed by atoms with Gasteiger partial charge in [-0.3, -0.25) is 5.41 Å². The number of nitrogen functional groups attached to an aromatic ring is 1. The molecule has 0 spiro atoms. The first kappa shape index (κ1) is 14.3. The molecular formula is C14H21BrN4. The Morgan fingerprint density at radius 3 is 2.79 bits per heavy atom. The number of nitrogens with one attached hydrogen (secondary N) is 1. The molecule has 2 rings (SSSR count). The van der Waals surface area contributed by atoms with Crippen LogP contribution in [0.25, 0.3) is 0 Å². The van der Waals surface area contributed by atoms with E-state index in [2.05, 4.69) is 51.8 Å². The zero-order valence-electron chi connectivity index (χ0n) is 11.5. The third kappa shape index (κ3) is 3.28. The maximum Gasteiger partial charge on any atom is 0.123 e. The molecule has 1 saturated heterocycles. The highest BCUT2D eigenvalue weighted by Crippen LogP contribution is 2.26. The van der Waals surface area contributed by atoms with Crippen LogP contribution in [0, 0.1) is 5.41 Å². The van der Waals surface area contributed by atoms with E-state index in [9.17, 15) is 0 Å². The van der Waals surface area contributed by atoms with Crippen LogP contribution >= 0.6 is 15.9 Å². The van der Waals surface area contributed by atoms with Crippen LogP contribution in [0.2, 0.25) is 0 Å². The fourth-order valence-corrected chi connectivity index (χ4v) is 3.24. The van der Waals surface area contributed by atoms with Crippen molar-refractivity contribution in [3.63, 3.8) is 0 Å². The minimum atomic E-state index is 0.0991. The van der Waals surface area contributed by atoms with Crippen molar-refractivity contribution in [1.82, 2.24) is 4.90 Å². The van der Waals surface area contributed by atoms with Gasteiger partial charge in [0.25, 0.3) is 0 Å². The summed E-state index contributed by atoms with van der Waals surface area (Å²) in [7, 11) is 2.18. The summed E-state index contributed by atoms with van der Waals surface area (Å²) in [5.41, 5.74) is 7.49. The first-order valence-corrected chi connectivity index (χ1v) is 7.37. The van der Waals surface area contributed by atoms with E-state index in [0.29, 0.717) is 6.04 Å². The predicted molar refractivity (Wildman–Crippen MR) is 84.1 cm³/mol. The van der Waals surface area contributed by atoms with Crippen LogP contribution in [0.1, 0.15) is 18.9 Å². The Balaban J connectivity index is 2.25. The van der Waals surface area contributed by atoms with Crippen molar-refractivity contribution >= 4 is 27.5 Å². The van der Waals surface area contributed by atoms with Gasteiger partial charge in [-0.15, -0.1) is 0 Å². The van der Waals surface area contributed by atoms with Crippen LogP contribution in [0.15, 0.2) is 22.7 Å². The largest absolute Gasteiger partial charge is 0.384 e. The molecule has 0 amide bonds. The molecule has 19 heavy (non-hydrogen) atoms. The van der Waals surface area contributed by atoms with E-state index in [0.717, 1.165) is 29.7 Å². The molecular weight excluding hydrogens is 304 g/mol. The summed E-state index contributed by atoms with van der Waals surface area (Å²) in [6.07, 6.45) is 1.17. The van der Waals surface area contributed by atoms with Crippen molar-refractivity contribution in [3.05, 3.63) is 28.2 Å². The molecule has 1 aromatic carbocycles. The zero-order chi connectivity index (χ0) is 14.0. The van der Waals surface area contributed by atoms with Crippen molar-refractivity contribution < 1.29 is 0 Å². The zero-order valence-corrected chi connectivity index (χ0v) is 13.1. The van der Waals surface area contributed by atoms with E-state index < -0.39 is 0 Å². The quantitative estimate of drug-likeness (QED) is 0.648. The number of benzene rings is 1. The number of hydrogen-bond donors (Lipinski definition) is 2. The molecule has 0 aliphatic carbocycles. The Hall–Kier alpha value is -1.07. The van der Waals surface area contributed by atoms with Gasteiger partial charge in [0.15, 0.2) is 0 Å². The van der Waals surface area contributed by atoms with Crippen LogP contribution in [0.4, 0.5) is 5.69 Å². The summed E-state index contributed by atoms with van der Waals surface area (Å²) in [5, 5.41) is 7.52. The third-order valence-corrected chi connectivity index (χ3v) is 4.28. The fraction of sp³-hybridized carbons (Fsp3) is 0.500. The van der Waals surface area contributed by atoms with E-state index in [1.165, 1.54) is 12.1 Å². The number of nitrogens with zero attached hydrogens (tertiary/aromatic N) is 2. The Morgan fingerprint density at radius 2 is 2.16 bits per heavy atom. The van der Waals surface area contributed by atoms with Gasteiger partial charge in [-0.25, -0.2) is 0 Å². The van der Waals surface area contributed by atoms with Gasteiger partial charge < -0.3 is 15.5 Å². The van der Waals surface area contributed by atoms with E-state index >= 15 is 0 Å². The van der Waals surface area contributed by atoms with Gasteiger partial charge in [-0.2, -0.15) is 0 Å². The average Bonchev–Trinajstić information content (AvgIpc) is 2.49. The topological polar surface area (TPSA) is 56.4 Å². The number of amidine groups is 1. The SMILES string of the molecule is CC1CN(C)CCCN1c1ccc(C(=N)N)c(Br)c1. The lowest BCUT2D eigenvalue weighted by Gasteiger charge is -2.30. The van der Waals surface area contributed by atoms with Crippen molar-refractivity contribution in [2.75, 3.05) is 31.6 Å². The molecule has 104 valence electrons. The first-order chi connectivity index (χ1) is 8.99. The van der Waals surface area contributed by atoms with Crippen LogP contribution in [-0.2, 0) is 0 Å². The predicted octanol–water partition coefficient (Wildman–Crippen LogP) is 2.26. The van der Waals surface area contributed by atoms with E-state index in [4.69, 9.17) is 11.1 Å². The molecule has 0 bridgehead atoms. The molecule has 4 nitrogen and oxygen atoms in total. The number of likely N-dealkylation sites (N-methyl/N-ethyl adjacent to an activating group) is 1. The van der Waals surface area contributed by atoms with Crippen molar-refractivity contribution in [3.8, 4) is 0 Å². The molecule has 0 saturated carbocycles. The second kappa shape index (κ2) is 5.92. The highest BCUT2D eigenvalue weighted by atomic mass is 79.9. The third-order valence-electron chi connectivity index (χ3n) is 3.62. The van der Waals surface area contributed by atoms with Crippen molar-refractivity contribution in [1.29, 1.82) is 5.41 Å². The molecule has 1 aliphatic rings. The lowest BCUT2D eigenvalue weighted by atomic mass is 10.1. The molecule has 1 atom stereocenters. The summed E-state index contributed by atoms with van der Waals surface area (Å²) in [6.45, 7) is 5.55. The smallest absolute Gasteiger partial charge is 0.123 e. The summed E-state index contributed by atoms with van der Waals surface area (Å²) in [6, 6.07) is 6.54. The Labute approximate surface area is 123 Å². The minimum Gasteiger partial charge on any atom is -0.384 e. The molecule has 1 fully saturated rings. The maximum atomic E-state index is 7.52. The second-order valence-corrected chi connectivity index (χ2v) is 6.09. The van der Waals surface area contributed by atoms with Gasteiger partial charge in [0.05, 0.1) is 0 Å². The molecule has 1 heterocycles. The second-order valence-electron chi connectivity index (χ2n) is 5.24. The minimum absolute atomic E-state index is 0.0991. The molecule has 3 N–H and O–H groups in total. The molecule has 5 heteroatoms. The lowest BCUT2D eigenvalue weighted by molar-refractivity contribution is 0.337. The van der Waals surface area contributed by atoms with E-state index in [-0.39, 0.29) is 5.84 Å². The van der Waals surface area contributed by atoms with E-state index in [1.807, 2.05) is 6.07 Å². The number of nitrogens with two attached hydrogens (primary N) is 1. The number of rotatable bonds is 2. The number of halogens is 1. The van der Waals surface area contributed by atoms with Crippen LogP contribution in [-0.4, -0.2) is 43.5 Å². The molecule has 0 aromatic heterocycles. The molecule has 1 unspecified atom stereocenters. The molecule has 1 aromatic rings. The first-order valence-electron chi connectivity index (χ1n) is 6.58. The van der Waals surface area contributed by atoms with Gasteiger partial charge in [-0.1, -0.05) is 0 Å². The van der Waals surface area contributed by atoms with Gasteiger partial charge in [0.2, 0.25) is 0 Å². The Morgan fingerprint density at radius 1 is 1.42 bits per heavy atom. The fourth-order valence-electron chi connectivity index (χ4n) is 2.66. The Kier molecular flexibility index (Phi) is 4.47. The highest BCUT2D eigenvalue weighted by molar-refractivity contribution is 9.10. The summed E-state index contributed by atoms with van der Waals surface area (Å²) in [4.78, 5) is 4.81. The monoisotopic (exact) mass is 324 g/mol. The Bertz CT molecular complexity index is 475. The normalized spacial score (nSPS) is 21.2. The number of anilines is 1.